The van der Waals surface area contributed by atoms with Crippen molar-refractivity contribution in [3.8, 4) is 10.6 Å². The minimum absolute atomic E-state index is 0.0962. The molecule has 1 atom stereocenters. The molecule has 0 aliphatic rings. The molecule has 0 spiro atoms. The molecule has 172 valence electrons. The van der Waals surface area contributed by atoms with Crippen molar-refractivity contribution in [2.75, 3.05) is 0 Å². The number of nitrogens with one attached hydrogen (secondary N) is 1. The number of halogens is 2. The molecule has 1 N–H and O–H groups in total. The number of aromatic nitrogens is 4. The third-order valence-corrected chi connectivity index (χ3v) is 6.38. The van der Waals surface area contributed by atoms with Crippen molar-refractivity contribution in [1.82, 2.24) is 24.6 Å². The molecule has 0 radical (unpaired) electrons. The second kappa shape index (κ2) is 9.18. The van der Waals surface area contributed by atoms with Crippen LogP contribution in [0.4, 0.5) is 8.78 Å². The first-order valence-corrected chi connectivity index (χ1v) is 11.6. The van der Waals surface area contributed by atoms with Gasteiger partial charge in [0.15, 0.2) is 0 Å². The highest BCUT2D eigenvalue weighted by atomic mass is 32.1. The number of carbonyl (C=O) groups excluding carboxylic acids is 1. The standard InChI is InChI=1S/C25H21F2N5OS/c1-16(23-29-19-10-5-6-11-20(19)32(23)25(26)27)28-24(33)18-15-31(14-17-8-3-2-4-9-17)30-22(18)21-12-7-13-34-21/h2-13,15-16,25H,14H2,1H3,(H,28,33). The number of thiophene rings is 1. The van der Waals surface area contributed by atoms with E-state index in [2.05, 4.69) is 15.4 Å². The van der Waals surface area contributed by atoms with Gasteiger partial charge in [-0.3, -0.25) is 14.0 Å². The number of rotatable bonds is 7. The summed E-state index contributed by atoms with van der Waals surface area (Å²) in [5, 5.41) is 9.42. The van der Waals surface area contributed by atoms with Crippen molar-refractivity contribution in [3.05, 3.63) is 95.3 Å². The molecule has 3 heterocycles. The monoisotopic (exact) mass is 477 g/mol. The zero-order chi connectivity index (χ0) is 23.7. The SMILES string of the molecule is CC(NC(=O)c1cn(Cc2ccccc2)nc1-c1cccs1)c1nc2ccccc2n1C(F)F. The second-order valence-electron chi connectivity index (χ2n) is 7.85. The van der Waals surface area contributed by atoms with Gasteiger partial charge in [0.05, 0.1) is 34.1 Å². The fourth-order valence-electron chi connectivity index (χ4n) is 3.95. The number of imidazole rings is 1. The molecule has 9 heteroatoms. The van der Waals surface area contributed by atoms with Gasteiger partial charge in [-0.1, -0.05) is 48.5 Å². The predicted octanol–water partition coefficient (Wildman–Crippen LogP) is 5.90. The van der Waals surface area contributed by atoms with Crippen LogP contribution in [0.15, 0.2) is 78.3 Å². The number of nitrogens with zero attached hydrogens (tertiary/aromatic N) is 4. The van der Waals surface area contributed by atoms with Crippen LogP contribution in [-0.2, 0) is 6.54 Å². The van der Waals surface area contributed by atoms with Crippen LogP contribution in [0.25, 0.3) is 21.6 Å². The molecule has 0 saturated heterocycles. The largest absolute Gasteiger partial charge is 0.342 e. The fourth-order valence-corrected chi connectivity index (χ4v) is 4.67. The molecule has 0 aliphatic carbocycles. The fraction of sp³-hybridized carbons (Fsp3) is 0.160. The molecule has 3 aromatic heterocycles. The molecule has 5 rings (SSSR count). The summed E-state index contributed by atoms with van der Waals surface area (Å²) in [7, 11) is 0. The van der Waals surface area contributed by atoms with E-state index in [0.717, 1.165) is 15.0 Å². The third-order valence-electron chi connectivity index (χ3n) is 5.50. The van der Waals surface area contributed by atoms with Gasteiger partial charge >= 0.3 is 6.55 Å². The summed E-state index contributed by atoms with van der Waals surface area (Å²) >= 11 is 1.48. The minimum Gasteiger partial charge on any atom is -0.342 e. The Kier molecular flexibility index (Phi) is 5.93. The number of hydrogen-bond acceptors (Lipinski definition) is 4. The van der Waals surface area contributed by atoms with Crippen molar-refractivity contribution in [3.63, 3.8) is 0 Å². The van der Waals surface area contributed by atoms with Gasteiger partial charge in [-0.25, -0.2) is 4.98 Å². The molecule has 6 nitrogen and oxygen atoms in total. The average Bonchev–Trinajstić information content (AvgIpc) is 3.57. The van der Waals surface area contributed by atoms with Gasteiger partial charge in [0.1, 0.15) is 11.5 Å². The Morgan fingerprint density at radius 3 is 2.56 bits per heavy atom. The summed E-state index contributed by atoms with van der Waals surface area (Å²) in [6, 6.07) is 19.6. The molecule has 0 fully saturated rings. The molecule has 1 amide bonds. The van der Waals surface area contributed by atoms with Gasteiger partial charge in [-0.15, -0.1) is 11.3 Å². The minimum atomic E-state index is -2.78. The van der Waals surface area contributed by atoms with Gasteiger partial charge in [0.2, 0.25) is 0 Å². The Morgan fingerprint density at radius 2 is 1.82 bits per heavy atom. The molecular weight excluding hydrogens is 456 g/mol. The van der Waals surface area contributed by atoms with Crippen molar-refractivity contribution in [1.29, 1.82) is 0 Å². The van der Waals surface area contributed by atoms with Crippen molar-refractivity contribution in [2.45, 2.75) is 26.1 Å². The Hall–Kier alpha value is -3.85. The molecule has 5 aromatic rings. The lowest BCUT2D eigenvalue weighted by Crippen LogP contribution is -2.29. The van der Waals surface area contributed by atoms with E-state index in [4.69, 9.17) is 0 Å². The Labute approximate surface area is 198 Å². The molecule has 0 saturated carbocycles. The van der Waals surface area contributed by atoms with Crippen LogP contribution in [0.2, 0.25) is 0 Å². The number of fused-ring (bicyclic) bond motifs is 1. The molecule has 0 aliphatic heterocycles. The zero-order valence-electron chi connectivity index (χ0n) is 18.2. The average molecular weight is 478 g/mol. The van der Waals surface area contributed by atoms with Gasteiger partial charge in [0.25, 0.3) is 5.91 Å². The lowest BCUT2D eigenvalue weighted by atomic mass is 10.2. The van der Waals surface area contributed by atoms with E-state index >= 15 is 0 Å². The number of carbonyl (C=O) groups is 1. The smallest absolute Gasteiger partial charge is 0.320 e. The van der Waals surface area contributed by atoms with Crippen molar-refractivity contribution >= 4 is 28.3 Å². The Balaban J connectivity index is 1.46. The van der Waals surface area contributed by atoms with Crippen LogP contribution in [0, 0.1) is 0 Å². The Bertz CT molecular complexity index is 1430. The molecular formula is C25H21F2N5OS. The van der Waals surface area contributed by atoms with Crippen LogP contribution in [0.1, 0.15) is 41.3 Å². The lowest BCUT2D eigenvalue weighted by molar-refractivity contribution is 0.0688. The van der Waals surface area contributed by atoms with Crippen LogP contribution in [-0.4, -0.2) is 25.2 Å². The van der Waals surface area contributed by atoms with E-state index in [1.165, 1.54) is 11.3 Å². The van der Waals surface area contributed by atoms with Crippen LogP contribution < -0.4 is 5.32 Å². The Morgan fingerprint density at radius 1 is 1.06 bits per heavy atom. The third kappa shape index (κ3) is 4.22. The van der Waals surface area contributed by atoms with Crippen molar-refractivity contribution < 1.29 is 13.6 Å². The van der Waals surface area contributed by atoms with E-state index in [0.29, 0.717) is 28.8 Å². The van der Waals surface area contributed by atoms with E-state index in [1.54, 1.807) is 42.1 Å². The van der Waals surface area contributed by atoms with Gasteiger partial charge in [-0.2, -0.15) is 13.9 Å². The number of benzene rings is 2. The second-order valence-corrected chi connectivity index (χ2v) is 8.80. The summed E-state index contributed by atoms with van der Waals surface area (Å²) in [6.45, 7) is -0.627. The topological polar surface area (TPSA) is 64.7 Å². The van der Waals surface area contributed by atoms with Crippen LogP contribution >= 0.6 is 11.3 Å². The van der Waals surface area contributed by atoms with Gasteiger partial charge < -0.3 is 5.32 Å². The number of para-hydroxylation sites is 2. The summed E-state index contributed by atoms with van der Waals surface area (Å²) < 4.78 is 30.3. The first-order chi connectivity index (χ1) is 16.5. The number of amides is 1. The maximum absolute atomic E-state index is 13.9. The molecule has 1 unspecified atom stereocenters. The zero-order valence-corrected chi connectivity index (χ0v) is 19.0. The highest BCUT2D eigenvalue weighted by Gasteiger charge is 2.25. The van der Waals surface area contributed by atoms with Gasteiger partial charge in [-0.05, 0) is 36.1 Å². The summed E-state index contributed by atoms with van der Waals surface area (Å²) in [5.74, 6) is -0.304. The van der Waals surface area contributed by atoms with E-state index in [-0.39, 0.29) is 5.82 Å². The molecule has 2 aromatic carbocycles. The first-order valence-electron chi connectivity index (χ1n) is 10.7. The maximum Gasteiger partial charge on any atom is 0.320 e. The first kappa shape index (κ1) is 22.0. The maximum atomic E-state index is 13.9. The molecule has 34 heavy (non-hydrogen) atoms. The van der Waals surface area contributed by atoms with Crippen LogP contribution in [0.5, 0.6) is 0 Å². The number of alkyl halides is 2. The summed E-state index contributed by atoms with van der Waals surface area (Å²) in [4.78, 5) is 18.5. The quantitative estimate of drug-likeness (QED) is 0.318. The van der Waals surface area contributed by atoms with Crippen LogP contribution in [0.3, 0.4) is 0 Å². The van der Waals surface area contributed by atoms with E-state index in [1.807, 2.05) is 47.8 Å². The highest BCUT2D eigenvalue weighted by Crippen LogP contribution is 2.29. The van der Waals surface area contributed by atoms with E-state index < -0.39 is 18.5 Å². The summed E-state index contributed by atoms with van der Waals surface area (Å²) in [6.07, 6.45) is 1.69. The van der Waals surface area contributed by atoms with E-state index in [9.17, 15) is 13.6 Å². The normalized spacial score (nSPS) is 12.4. The highest BCUT2D eigenvalue weighted by molar-refractivity contribution is 7.13. The molecule has 0 bridgehead atoms. The summed E-state index contributed by atoms with van der Waals surface area (Å²) in [5.41, 5.74) is 2.76. The predicted molar refractivity (Wildman–Crippen MR) is 128 cm³/mol. The van der Waals surface area contributed by atoms with Gasteiger partial charge in [0, 0.05) is 6.20 Å². The number of hydrogen-bond donors (Lipinski definition) is 1. The lowest BCUT2D eigenvalue weighted by Gasteiger charge is -2.15. The van der Waals surface area contributed by atoms with Crippen molar-refractivity contribution in [2.24, 2.45) is 0 Å².